The van der Waals surface area contributed by atoms with Crippen molar-refractivity contribution in [3.05, 3.63) is 52.7 Å². The molecule has 0 spiro atoms. The van der Waals surface area contributed by atoms with Crippen molar-refractivity contribution in [3.63, 3.8) is 0 Å². The molecule has 1 aromatic carbocycles. The maximum Gasteiger partial charge on any atom is 0.282 e. The van der Waals surface area contributed by atoms with Crippen molar-refractivity contribution in [1.82, 2.24) is 5.32 Å². The molecule has 1 N–H and O–H groups in total. The molecule has 0 aliphatic carbocycles. The monoisotopic (exact) mass is 192 g/mol. The van der Waals surface area contributed by atoms with Crippen LogP contribution in [0.4, 0.5) is 5.69 Å². The van der Waals surface area contributed by atoms with Crippen molar-refractivity contribution >= 4 is 11.6 Å². The van der Waals surface area contributed by atoms with E-state index in [1.54, 1.807) is 6.07 Å². The molecule has 0 bridgehead atoms. The Balaban J connectivity index is 3.12. The number of carbonyl (C=O) groups is 1. The standard InChI is InChI=1S/C9H8N2O3/c1-2-10-9(12)7-5-3-4-6-8(7)11(13)14/h2-6H,1H2,(H,10,12). The Morgan fingerprint density at radius 2 is 2.14 bits per heavy atom. The maximum atomic E-state index is 11.3. The summed E-state index contributed by atoms with van der Waals surface area (Å²) in [5.41, 5.74) is -0.191. The van der Waals surface area contributed by atoms with Crippen LogP contribution in [0, 0.1) is 10.1 Å². The molecule has 0 radical (unpaired) electrons. The molecule has 14 heavy (non-hydrogen) atoms. The van der Waals surface area contributed by atoms with Gasteiger partial charge in [0.1, 0.15) is 5.56 Å². The lowest BCUT2D eigenvalue weighted by Gasteiger charge is -2.00. The van der Waals surface area contributed by atoms with E-state index in [1.165, 1.54) is 24.4 Å². The summed E-state index contributed by atoms with van der Waals surface area (Å²) < 4.78 is 0. The van der Waals surface area contributed by atoms with Gasteiger partial charge in [-0.2, -0.15) is 0 Å². The molecule has 0 aliphatic rings. The molecule has 5 heteroatoms. The summed E-state index contributed by atoms with van der Waals surface area (Å²) in [5, 5.41) is 12.8. The van der Waals surface area contributed by atoms with Crippen LogP contribution >= 0.6 is 0 Å². The van der Waals surface area contributed by atoms with Gasteiger partial charge in [0, 0.05) is 6.07 Å². The lowest BCUT2D eigenvalue weighted by Crippen LogP contribution is -2.17. The van der Waals surface area contributed by atoms with Gasteiger partial charge in [0.05, 0.1) is 4.92 Å². The normalized spacial score (nSPS) is 9.14. The molecule has 0 aliphatic heterocycles. The SMILES string of the molecule is C=CNC(=O)c1ccccc1[N+](=O)[O-]. The lowest BCUT2D eigenvalue weighted by atomic mass is 10.1. The fraction of sp³-hybridized carbons (Fsp3) is 0. The van der Waals surface area contributed by atoms with Crippen molar-refractivity contribution < 1.29 is 9.72 Å². The minimum absolute atomic E-state index is 0.0254. The summed E-state index contributed by atoms with van der Waals surface area (Å²) >= 11 is 0. The minimum Gasteiger partial charge on any atom is -0.329 e. The van der Waals surface area contributed by atoms with Crippen LogP contribution in [0.1, 0.15) is 10.4 Å². The smallest absolute Gasteiger partial charge is 0.282 e. The van der Waals surface area contributed by atoms with Gasteiger partial charge in [-0.1, -0.05) is 18.7 Å². The topological polar surface area (TPSA) is 72.2 Å². The molecule has 72 valence electrons. The van der Waals surface area contributed by atoms with Gasteiger partial charge in [0.2, 0.25) is 0 Å². The van der Waals surface area contributed by atoms with Crippen molar-refractivity contribution in [1.29, 1.82) is 0 Å². The third-order valence-electron chi connectivity index (χ3n) is 1.58. The fourth-order valence-corrected chi connectivity index (χ4v) is 0.995. The number of benzene rings is 1. The molecule has 1 rings (SSSR count). The highest BCUT2D eigenvalue weighted by molar-refractivity contribution is 5.98. The molecule has 0 atom stereocenters. The van der Waals surface area contributed by atoms with Crippen LogP contribution in [0.25, 0.3) is 0 Å². The van der Waals surface area contributed by atoms with Gasteiger partial charge in [0.15, 0.2) is 0 Å². The van der Waals surface area contributed by atoms with Crippen LogP contribution in [0.3, 0.4) is 0 Å². The fourth-order valence-electron chi connectivity index (χ4n) is 0.995. The van der Waals surface area contributed by atoms with E-state index in [1.807, 2.05) is 0 Å². The Morgan fingerprint density at radius 3 is 2.71 bits per heavy atom. The zero-order valence-corrected chi connectivity index (χ0v) is 7.27. The first-order valence-corrected chi connectivity index (χ1v) is 3.82. The number of amides is 1. The summed E-state index contributed by atoms with van der Waals surface area (Å²) in [6, 6.07) is 5.72. The minimum atomic E-state index is -0.599. The maximum absolute atomic E-state index is 11.3. The number of nitro benzene ring substituents is 1. The van der Waals surface area contributed by atoms with Crippen LogP contribution < -0.4 is 5.32 Å². The average molecular weight is 192 g/mol. The highest BCUT2D eigenvalue weighted by Crippen LogP contribution is 2.16. The lowest BCUT2D eigenvalue weighted by molar-refractivity contribution is -0.385. The van der Waals surface area contributed by atoms with Gasteiger partial charge in [-0.25, -0.2) is 0 Å². The van der Waals surface area contributed by atoms with E-state index in [9.17, 15) is 14.9 Å². The number of hydrogen-bond acceptors (Lipinski definition) is 3. The molecule has 5 nitrogen and oxygen atoms in total. The summed E-state index contributed by atoms with van der Waals surface area (Å²) in [6.07, 6.45) is 1.18. The van der Waals surface area contributed by atoms with Crippen molar-refractivity contribution in [2.45, 2.75) is 0 Å². The quantitative estimate of drug-likeness (QED) is 0.582. The highest BCUT2D eigenvalue weighted by Gasteiger charge is 2.17. The van der Waals surface area contributed by atoms with Crippen molar-refractivity contribution in [2.75, 3.05) is 0 Å². The Bertz CT molecular complexity index is 387. The number of nitrogens with one attached hydrogen (secondary N) is 1. The third-order valence-corrected chi connectivity index (χ3v) is 1.58. The number of carbonyl (C=O) groups excluding carboxylic acids is 1. The van der Waals surface area contributed by atoms with E-state index in [0.717, 1.165) is 0 Å². The van der Waals surface area contributed by atoms with Gasteiger partial charge in [0.25, 0.3) is 11.6 Å². The summed E-state index contributed by atoms with van der Waals surface area (Å²) in [6.45, 7) is 3.30. The molecular weight excluding hydrogens is 184 g/mol. The van der Waals surface area contributed by atoms with Gasteiger partial charge in [-0.15, -0.1) is 0 Å². The first-order valence-electron chi connectivity index (χ1n) is 3.82. The zero-order chi connectivity index (χ0) is 10.6. The van der Waals surface area contributed by atoms with Gasteiger partial charge < -0.3 is 5.32 Å². The second-order valence-corrected chi connectivity index (χ2v) is 2.45. The molecule has 0 unspecified atom stereocenters. The van der Waals surface area contributed by atoms with Crippen molar-refractivity contribution in [3.8, 4) is 0 Å². The molecule has 1 amide bonds. The summed E-state index contributed by atoms with van der Waals surface area (Å²) in [4.78, 5) is 21.2. The van der Waals surface area contributed by atoms with Crippen LogP contribution in [0.15, 0.2) is 37.0 Å². The molecule has 0 heterocycles. The molecule has 0 saturated heterocycles. The third kappa shape index (κ3) is 1.95. The molecule has 0 aromatic heterocycles. The highest BCUT2D eigenvalue weighted by atomic mass is 16.6. The number of nitrogens with zero attached hydrogens (tertiary/aromatic N) is 1. The van der Waals surface area contributed by atoms with Crippen LogP contribution in [0.5, 0.6) is 0 Å². The first-order chi connectivity index (χ1) is 6.66. The number of rotatable bonds is 3. The predicted octanol–water partition coefficient (Wildman–Crippen LogP) is 1.47. The largest absolute Gasteiger partial charge is 0.329 e. The van der Waals surface area contributed by atoms with Crippen LogP contribution in [0.2, 0.25) is 0 Å². The van der Waals surface area contributed by atoms with E-state index in [0.29, 0.717) is 0 Å². The molecule has 0 saturated carbocycles. The summed E-state index contributed by atoms with van der Waals surface area (Å²) in [5.74, 6) is -0.535. The van der Waals surface area contributed by atoms with Crippen LogP contribution in [-0.2, 0) is 0 Å². The zero-order valence-electron chi connectivity index (χ0n) is 7.27. The van der Waals surface area contributed by atoms with Gasteiger partial charge in [-0.05, 0) is 12.3 Å². The molecule has 1 aromatic rings. The molecular formula is C9H8N2O3. The molecule has 0 fully saturated rings. The van der Waals surface area contributed by atoms with E-state index in [4.69, 9.17) is 0 Å². The second-order valence-electron chi connectivity index (χ2n) is 2.45. The second kappa shape index (κ2) is 4.18. The Morgan fingerprint density at radius 1 is 1.50 bits per heavy atom. The predicted molar refractivity (Wildman–Crippen MR) is 50.8 cm³/mol. The number of para-hydroxylation sites is 1. The van der Waals surface area contributed by atoms with E-state index in [2.05, 4.69) is 11.9 Å². The summed E-state index contributed by atoms with van der Waals surface area (Å²) in [7, 11) is 0. The van der Waals surface area contributed by atoms with E-state index < -0.39 is 10.8 Å². The van der Waals surface area contributed by atoms with E-state index in [-0.39, 0.29) is 11.3 Å². The van der Waals surface area contributed by atoms with Crippen LogP contribution in [-0.4, -0.2) is 10.8 Å². The Hall–Kier alpha value is -2.17. The average Bonchev–Trinajstić information content (AvgIpc) is 2.18. The van der Waals surface area contributed by atoms with E-state index >= 15 is 0 Å². The first kappa shape index (κ1) is 9.91. The van der Waals surface area contributed by atoms with Crippen molar-refractivity contribution in [2.24, 2.45) is 0 Å². The van der Waals surface area contributed by atoms with Gasteiger partial charge in [-0.3, -0.25) is 14.9 Å². The Kier molecular flexibility index (Phi) is 2.96. The number of hydrogen-bond donors (Lipinski definition) is 1. The van der Waals surface area contributed by atoms with Gasteiger partial charge >= 0.3 is 0 Å². The Labute approximate surface area is 80.2 Å². The number of nitro groups is 1.